The van der Waals surface area contributed by atoms with E-state index in [4.69, 9.17) is 4.74 Å². The Labute approximate surface area is 238 Å². The van der Waals surface area contributed by atoms with Crippen molar-refractivity contribution >= 4 is 6.03 Å². The largest absolute Gasteiger partial charge is 0.374 e. The minimum absolute atomic E-state index is 0.0970. The highest BCUT2D eigenvalue weighted by Crippen LogP contribution is 2.40. The third kappa shape index (κ3) is 5.40. The zero-order valence-electron chi connectivity index (χ0n) is 23.3. The molecule has 3 fully saturated rings. The second-order valence-corrected chi connectivity index (χ2v) is 11.5. The van der Waals surface area contributed by atoms with Gasteiger partial charge in [0.2, 0.25) is 0 Å². The van der Waals surface area contributed by atoms with Gasteiger partial charge in [0, 0.05) is 55.1 Å². The molecule has 1 spiro atoms. The van der Waals surface area contributed by atoms with Gasteiger partial charge in [0.05, 0.1) is 18.8 Å². The summed E-state index contributed by atoms with van der Waals surface area (Å²) in [6.45, 7) is 4.61. The van der Waals surface area contributed by atoms with Crippen LogP contribution in [-0.2, 0) is 11.3 Å². The van der Waals surface area contributed by atoms with Crippen molar-refractivity contribution in [2.24, 2.45) is 0 Å². The predicted molar refractivity (Wildman–Crippen MR) is 152 cm³/mol. The Morgan fingerprint density at radius 1 is 1.02 bits per heavy atom. The van der Waals surface area contributed by atoms with E-state index in [0.717, 1.165) is 49.1 Å². The first-order valence-electron chi connectivity index (χ1n) is 14.5. The Kier molecular flexibility index (Phi) is 7.66. The summed E-state index contributed by atoms with van der Waals surface area (Å²) in [5.74, 6) is -1.09. The lowest BCUT2D eigenvalue weighted by atomic mass is 9.91. The van der Waals surface area contributed by atoms with Gasteiger partial charge in [-0.1, -0.05) is 49.2 Å². The third-order valence-electron chi connectivity index (χ3n) is 9.05. The topological polar surface area (TPSA) is 68.9 Å². The van der Waals surface area contributed by atoms with Gasteiger partial charge in [-0.15, -0.1) is 0 Å². The average molecular weight is 563 g/mol. The van der Waals surface area contributed by atoms with Crippen molar-refractivity contribution in [1.29, 1.82) is 0 Å². The molecule has 1 saturated carbocycles. The molecule has 3 heterocycles. The van der Waals surface area contributed by atoms with Crippen LogP contribution in [0.15, 0.2) is 65.5 Å². The molecule has 2 amide bonds. The maximum absolute atomic E-state index is 14.9. The molecule has 0 bridgehead atoms. The number of hydrogen-bond acceptors (Lipinski definition) is 4. The zero-order chi connectivity index (χ0) is 28.6. The van der Waals surface area contributed by atoms with E-state index in [9.17, 15) is 18.4 Å². The minimum atomic E-state index is -0.716. The van der Waals surface area contributed by atoms with Crippen molar-refractivity contribution in [3.63, 3.8) is 0 Å². The maximum atomic E-state index is 14.9. The van der Waals surface area contributed by atoms with Gasteiger partial charge in [-0.3, -0.25) is 9.69 Å². The van der Waals surface area contributed by atoms with Crippen LogP contribution in [0.2, 0.25) is 0 Å². The number of halogens is 2. The van der Waals surface area contributed by atoms with Crippen LogP contribution in [0.1, 0.15) is 49.8 Å². The van der Waals surface area contributed by atoms with Crippen LogP contribution in [0, 0.1) is 11.6 Å². The lowest BCUT2D eigenvalue weighted by Gasteiger charge is -2.51. The number of ether oxygens (including phenoxy) is 1. The van der Waals surface area contributed by atoms with Gasteiger partial charge in [-0.05, 0) is 49.6 Å². The molecular weight excluding hydrogens is 526 g/mol. The number of aromatic amines is 1. The van der Waals surface area contributed by atoms with E-state index in [-0.39, 0.29) is 22.7 Å². The molecule has 0 radical (unpaired) electrons. The summed E-state index contributed by atoms with van der Waals surface area (Å²) in [5.41, 5.74) is 2.27. The smallest absolute Gasteiger partial charge is 0.320 e. The van der Waals surface area contributed by atoms with Crippen molar-refractivity contribution in [2.75, 3.05) is 32.8 Å². The van der Waals surface area contributed by atoms with Crippen LogP contribution in [0.25, 0.3) is 11.3 Å². The fraction of sp³-hybridized carbons (Fsp3) is 0.438. The fourth-order valence-corrected chi connectivity index (χ4v) is 6.93. The number of morpholine rings is 1. The number of amides is 2. The van der Waals surface area contributed by atoms with E-state index in [1.54, 1.807) is 11.8 Å². The predicted octanol–water partition coefficient (Wildman–Crippen LogP) is 5.33. The van der Waals surface area contributed by atoms with Crippen molar-refractivity contribution in [2.45, 2.75) is 56.8 Å². The molecule has 1 N–H and O–H groups in total. The van der Waals surface area contributed by atoms with Crippen molar-refractivity contribution in [1.82, 2.24) is 19.7 Å². The Bertz CT molecular complexity index is 1460. The number of hydrogen-bond donors (Lipinski definition) is 1. The van der Waals surface area contributed by atoms with E-state index in [1.807, 2.05) is 47.4 Å². The second-order valence-electron chi connectivity index (χ2n) is 11.5. The molecule has 2 aromatic carbocycles. The summed E-state index contributed by atoms with van der Waals surface area (Å²) in [4.78, 5) is 36.1. The van der Waals surface area contributed by atoms with E-state index in [2.05, 4.69) is 9.88 Å². The Balaban J connectivity index is 1.22. The van der Waals surface area contributed by atoms with E-state index >= 15 is 0 Å². The highest BCUT2D eigenvalue weighted by Gasteiger charge is 2.47. The summed E-state index contributed by atoms with van der Waals surface area (Å²) in [7, 11) is 0. The van der Waals surface area contributed by atoms with Gasteiger partial charge in [-0.25, -0.2) is 13.6 Å². The highest BCUT2D eigenvalue weighted by atomic mass is 19.1. The van der Waals surface area contributed by atoms with Crippen LogP contribution in [0.3, 0.4) is 0 Å². The lowest BCUT2D eigenvalue weighted by molar-refractivity contribution is -0.0594. The number of nitrogens with zero attached hydrogens (tertiary/aromatic N) is 3. The number of nitrogens with one attached hydrogen (secondary N) is 1. The van der Waals surface area contributed by atoms with Crippen molar-refractivity contribution in [3.05, 3.63) is 93.8 Å². The molecule has 2 saturated heterocycles. The van der Waals surface area contributed by atoms with Crippen molar-refractivity contribution in [3.8, 4) is 11.3 Å². The SMILES string of the molecule is C[C@@H]1OCCN(C(=O)N2CCN(Cc3ccc(-c4ccccc4)[nH]c3=O)C3(CCCC3)C2)[C@H]1c1cc(F)ccc1F. The van der Waals surface area contributed by atoms with Gasteiger partial charge >= 0.3 is 6.03 Å². The monoisotopic (exact) mass is 562 g/mol. The van der Waals surface area contributed by atoms with E-state index in [1.165, 1.54) is 6.07 Å². The molecule has 41 heavy (non-hydrogen) atoms. The number of aromatic nitrogens is 1. The lowest BCUT2D eigenvalue weighted by Crippen LogP contribution is -2.64. The number of carbonyl (C=O) groups is 1. The Morgan fingerprint density at radius 3 is 2.56 bits per heavy atom. The molecule has 3 aromatic rings. The third-order valence-corrected chi connectivity index (χ3v) is 9.05. The van der Waals surface area contributed by atoms with E-state index in [0.29, 0.717) is 44.9 Å². The average Bonchev–Trinajstić information content (AvgIpc) is 3.45. The summed E-state index contributed by atoms with van der Waals surface area (Å²) in [6, 6.07) is 16.1. The molecule has 7 nitrogen and oxygen atoms in total. The molecule has 3 aliphatic rings. The molecular formula is C32H36F2N4O3. The van der Waals surface area contributed by atoms with Gasteiger partial charge < -0.3 is 19.5 Å². The number of benzene rings is 2. The first-order valence-corrected chi connectivity index (χ1v) is 14.5. The van der Waals surface area contributed by atoms with Crippen LogP contribution >= 0.6 is 0 Å². The molecule has 9 heteroatoms. The van der Waals surface area contributed by atoms with Crippen LogP contribution in [0.4, 0.5) is 13.6 Å². The van der Waals surface area contributed by atoms with Gasteiger partial charge in [0.1, 0.15) is 11.6 Å². The van der Waals surface area contributed by atoms with Gasteiger partial charge in [0.25, 0.3) is 5.56 Å². The summed E-state index contributed by atoms with van der Waals surface area (Å²) in [5, 5.41) is 0. The van der Waals surface area contributed by atoms with Gasteiger partial charge in [0.15, 0.2) is 0 Å². The number of carbonyl (C=O) groups excluding carboxylic acids is 1. The van der Waals surface area contributed by atoms with E-state index < -0.39 is 23.8 Å². The number of piperazine rings is 1. The molecule has 216 valence electrons. The second kappa shape index (κ2) is 11.4. The number of urea groups is 1. The number of H-pyrrole nitrogens is 1. The summed E-state index contributed by atoms with van der Waals surface area (Å²) >= 11 is 0. The minimum Gasteiger partial charge on any atom is -0.374 e. The molecule has 2 aliphatic heterocycles. The Hall–Kier alpha value is -3.56. The molecule has 1 aromatic heterocycles. The number of pyridine rings is 1. The zero-order valence-corrected chi connectivity index (χ0v) is 23.3. The first-order chi connectivity index (χ1) is 19.8. The quantitative estimate of drug-likeness (QED) is 0.467. The summed E-state index contributed by atoms with van der Waals surface area (Å²) in [6.07, 6.45) is 3.54. The first kappa shape index (κ1) is 27.6. The molecule has 6 rings (SSSR count). The Morgan fingerprint density at radius 2 is 1.80 bits per heavy atom. The van der Waals surface area contributed by atoms with Gasteiger partial charge in [-0.2, -0.15) is 0 Å². The standard InChI is InChI=1S/C32H36F2N4O3/c1-22-29(26-19-25(33)10-11-27(26)34)38(17-18-41-22)31(40)36-15-16-37(32(21-36)13-5-6-14-32)20-24-9-12-28(35-30(24)39)23-7-3-2-4-8-23/h2-4,7-12,19,22,29H,5-6,13-18,20-21H2,1H3,(H,35,39)/t22-,29+/m0/s1. The van der Waals surface area contributed by atoms with Crippen LogP contribution in [-0.4, -0.2) is 70.1 Å². The summed E-state index contributed by atoms with van der Waals surface area (Å²) < 4.78 is 34.8. The number of rotatable bonds is 4. The highest BCUT2D eigenvalue weighted by molar-refractivity contribution is 5.75. The normalized spacial score (nSPS) is 22.8. The fourth-order valence-electron chi connectivity index (χ4n) is 6.93. The molecule has 0 unspecified atom stereocenters. The van der Waals surface area contributed by atoms with Crippen molar-refractivity contribution < 1.29 is 18.3 Å². The maximum Gasteiger partial charge on any atom is 0.320 e. The van der Waals surface area contributed by atoms with Crippen LogP contribution in [0.5, 0.6) is 0 Å². The molecule has 2 atom stereocenters. The molecule has 1 aliphatic carbocycles. The van der Waals surface area contributed by atoms with Crippen LogP contribution < -0.4 is 5.56 Å².